The van der Waals surface area contributed by atoms with Crippen molar-refractivity contribution in [2.75, 3.05) is 13.1 Å². The van der Waals surface area contributed by atoms with Crippen LogP contribution in [0.5, 0.6) is 0 Å². The van der Waals surface area contributed by atoms with Gasteiger partial charge < -0.3 is 5.73 Å². The van der Waals surface area contributed by atoms with Gasteiger partial charge in [-0.3, -0.25) is 5.43 Å². The van der Waals surface area contributed by atoms with E-state index in [1.807, 2.05) is 0 Å². The predicted octanol–water partition coefficient (Wildman–Crippen LogP) is 3.44. The van der Waals surface area contributed by atoms with E-state index in [1.165, 1.54) is 57.8 Å². The molecular formula is C16H35N3. The number of unbranched alkanes of at least 4 members (excludes halogenated alkanes) is 5. The first-order valence-corrected chi connectivity index (χ1v) is 8.39. The minimum absolute atomic E-state index is 0.303. The molecule has 0 aromatic heterocycles. The number of nitrogens with two attached hydrogens (primary N) is 1. The highest BCUT2D eigenvalue weighted by atomic mass is 15.6. The highest BCUT2D eigenvalue weighted by Crippen LogP contribution is 2.29. The van der Waals surface area contributed by atoms with Gasteiger partial charge in [-0.15, -0.1) is 0 Å². The maximum Gasteiger partial charge on any atom is 0.0326 e. The van der Waals surface area contributed by atoms with E-state index < -0.39 is 0 Å². The Hall–Kier alpha value is -0.120. The monoisotopic (exact) mass is 269 g/mol. The van der Waals surface area contributed by atoms with E-state index in [0.717, 1.165) is 13.1 Å². The number of hydrogen-bond acceptors (Lipinski definition) is 3. The van der Waals surface area contributed by atoms with Gasteiger partial charge >= 0.3 is 0 Å². The first kappa shape index (κ1) is 16.9. The van der Waals surface area contributed by atoms with Crippen LogP contribution in [0.3, 0.4) is 0 Å². The van der Waals surface area contributed by atoms with Crippen LogP contribution in [0.25, 0.3) is 0 Å². The SMILES string of the molecule is CCCCCCC(C)(CCCCC)N1CC(N)CN1. The summed E-state index contributed by atoms with van der Waals surface area (Å²) >= 11 is 0. The maximum atomic E-state index is 6.05. The minimum atomic E-state index is 0.303. The van der Waals surface area contributed by atoms with Gasteiger partial charge in [0.05, 0.1) is 0 Å². The van der Waals surface area contributed by atoms with E-state index in [9.17, 15) is 0 Å². The molecule has 0 amide bonds. The van der Waals surface area contributed by atoms with Gasteiger partial charge in [-0.1, -0.05) is 58.8 Å². The Bertz CT molecular complexity index is 232. The summed E-state index contributed by atoms with van der Waals surface area (Å²) in [6.45, 7) is 8.94. The largest absolute Gasteiger partial charge is 0.325 e. The standard InChI is InChI=1S/C16H35N3/c1-4-6-8-10-12-16(3,11-9-7-5-2)19-14-15(17)13-18-19/h15,18H,4-14,17H2,1-3H3. The molecule has 1 saturated heterocycles. The number of rotatable bonds is 10. The molecule has 3 nitrogen and oxygen atoms in total. The quantitative estimate of drug-likeness (QED) is 0.597. The smallest absolute Gasteiger partial charge is 0.0326 e. The lowest BCUT2D eigenvalue weighted by atomic mass is 9.87. The van der Waals surface area contributed by atoms with Gasteiger partial charge in [-0.25, -0.2) is 5.01 Å². The van der Waals surface area contributed by atoms with E-state index in [1.54, 1.807) is 0 Å². The van der Waals surface area contributed by atoms with Crippen LogP contribution in [0.15, 0.2) is 0 Å². The molecule has 3 N–H and O–H groups in total. The fourth-order valence-electron chi connectivity index (χ4n) is 3.09. The second-order valence-electron chi connectivity index (χ2n) is 6.50. The Morgan fingerprint density at radius 1 is 1.05 bits per heavy atom. The van der Waals surface area contributed by atoms with Crippen molar-refractivity contribution in [2.24, 2.45) is 5.73 Å². The van der Waals surface area contributed by atoms with E-state index in [-0.39, 0.29) is 0 Å². The Labute approximate surface area is 120 Å². The van der Waals surface area contributed by atoms with E-state index in [0.29, 0.717) is 11.6 Å². The van der Waals surface area contributed by atoms with Crippen molar-refractivity contribution in [3.8, 4) is 0 Å². The summed E-state index contributed by atoms with van der Waals surface area (Å²) in [6, 6.07) is 0.307. The van der Waals surface area contributed by atoms with Crippen LogP contribution in [-0.2, 0) is 0 Å². The molecule has 2 atom stereocenters. The van der Waals surface area contributed by atoms with Gasteiger partial charge in [0, 0.05) is 24.7 Å². The molecule has 0 radical (unpaired) electrons. The zero-order chi connectivity index (χ0) is 14.1. The second-order valence-corrected chi connectivity index (χ2v) is 6.50. The summed E-state index contributed by atoms with van der Waals surface area (Å²) in [7, 11) is 0. The Kier molecular flexibility index (Phi) is 7.96. The van der Waals surface area contributed by atoms with Crippen LogP contribution in [0, 0.1) is 0 Å². The third-order valence-corrected chi connectivity index (χ3v) is 4.50. The highest BCUT2D eigenvalue weighted by Gasteiger charge is 2.35. The van der Waals surface area contributed by atoms with Gasteiger partial charge in [-0.2, -0.15) is 0 Å². The molecule has 0 aliphatic carbocycles. The van der Waals surface area contributed by atoms with Crippen LogP contribution in [0.2, 0.25) is 0 Å². The molecule has 1 heterocycles. The Morgan fingerprint density at radius 2 is 1.63 bits per heavy atom. The zero-order valence-corrected chi connectivity index (χ0v) is 13.4. The molecule has 0 aromatic rings. The summed E-state index contributed by atoms with van der Waals surface area (Å²) in [4.78, 5) is 0. The first-order chi connectivity index (χ1) is 9.12. The van der Waals surface area contributed by atoms with Crippen molar-refractivity contribution >= 4 is 0 Å². The summed E-state index contributed by atoms with van der Waals surface area (Å²) in [5.41, 5.74) is 9.87. The van der Waals surface area contributed by atoms with Gasteiger partial charge in [0.1, 0.15) is 0 Å². The third-order valence-electron chi connectivity index (χ3n) is 4.50. The molecule has 2 unspecified atom stereocenters. The number of hydrazine groups is 1. The zero-order valence-electron chi connectivity index (χ0n) is 13.4. The summed E-state index contributed by atoms with van der Waals surface area (Å²) < 4.78 is 0. The molecule has 0 aromatic carbocycles. The number of hydrogen-bond donors (Lipinski definition) is 2. The second kappa shape index (κ2) is 8.93. The van der Waals surface area contributed by atoms with Crippen LogP contribution in [0.1, 0.15) is 78.6 Å². The summed E-state index contributed by atoms with van der Waals surface area (Å²) in [5.74, 6) is 0. The lowest BCUT2D eigenvalue weighted by Crippen LogP contribution is -2.50. The minimum Gasteiger partial charge on any atom is -0.325 e. The molecule has 0 spiro atoms. The number of nitrogens with zero attached hydrogens (tertiary/aromatic N) is 1. The van der Waals surface area contributed by atoms with E-state index >= 15 is 0 Å². The van der Waals surface area contributed by atoms with E-state index in [4.69, 9.17) is 5.73 Å². The maximum absolute atomic E-state index is 6.05. The first-order valence-electron chi connectivity index (χ1n) is 8.39. The molecule has 0 bridgehead atoms. The molecule has 3 heteroatoms. The Balaban J connectivity index is 2.45. The van der Waals surface area contributed by atoms with Gasteiger partial charge in [0.2, 0.25) is 0 Å². The topological polar surface area (TPSA) is 41.3 Å². The lowest BCUT2D eigenvalue weighted by molar-refractivity contribution is 0.0604. The van der Waals surface area contributed by atoms with Crippen molar-refractivity contribution in [1.82, 2.24) is 10.4 Å². The molecule has 1 rings (SSSR count). The Morgan fingerprint density at radius 3 is 2.16 bits per heavy atom. The van der Waals surface area contributed by atoms with Crippen molar-refractivity contribution in [2.45, 2.75) is 90.1 Å². The molecule has 1 aliphatic rings. The number of nitrogens with one attached hydrogen (secondary N) is 1. The average Bonchev–Trinajstić information content (AvgIpc) is 2.82. The fourth-order valence-corrected chi connectivity index (χ4v) is 3.09. The van der Waals surface area contributed by atoms with Crippen LogP contribution in [0.4, 0.5) is 0 Å². The van der Waals surface area contributed by atoms with Gasteiger partial charge in [0.15, 0.2) is 0 Å². The van der Waals surface area contributed by atoms with Crippen LogP contribution < -0.4 is 11.2 Å². The normalized spacial score (nSPS) is 23.7. The van der Waals surface area contributed by atoms with Crippen molar-refractivity contribution < 1.29 is 0 Å². The summed E-state index contributed by atoms with van der Waals surface area (Å²) in [5, 5.41) is 2.44. The third kappa shape index (κ3) is 5.80. The van der Waals surface area contributed by atoms with Gasteiger partial charge in [0.25, 0.3) is 0 Å². The molecule has 19 heavy (non-hydrogen) atoms. The average molecular weight is 269 g/mol. The van der Waals surface area contributed by atoms with Gasteiger partial charge in [-0.05, 0) is 19.8 Å². The predicted molar refractivity (Wildman–Crippen MR) is 84.0 cm³/mol. The highest BCUT2D eigenvalue weighted by molar-refractivity contribution is 4.90. The lowest BCUT2D eigenvalue weighted by Gasteiger charge is -2.39. The van der Waals surface area contributed by atoms with Crippen molar-refractivity contribution in [3.05, 3.63) is 0 Å². The van der Waals surface area contributed by atoms with E-state index in [2.05, 4.69) is 31.2 Å². The van der Waals surface area contributed by atoms with Crippen LogP contribution >= 0.6 is 0 Å². The summed E-state index contributed by atoms with van der Waals surface area (Å²) in [6.07, 6.45) is 12.0. The molecule has 114 valence electrons. The van der Waals surface area contributed by atoms with Crippen LogP contribution in [-0.4, -0.2) is 29.7 Å². The molecule has 1 aliphatic heterocycles. The fraction of sp³-hybridized carbons (Fsp3) is 1.00. The van der Waals surface area contributed by atoms with Crippen molar-refractivity contribution in [3.63, 3.8) is 0 Å². The van der Waals surface area contributed by atoms with Crippen molar-refractivity contribution in [1.29, 1.82) is 0 Å². The molecule has 0 saturated carbocycles. The molecule has 1 fully saturated rings. The molecular weight excluding hydrogens is 234 g/mol.